The molecule has 0 radical (unpaired) electrons. The van der Waals surface area contributed by atoms with Crippen molar-refractivity contribution in [3.05, 3.63) is 64.9 Å². The molecule has 2 aromatic rings. The molecule has 0 aliphatic carbocycles. The molecule has 2 heterocycles. The monoisotopic (exact) mass is 444 g/mol. The number of benzene rings is 2. The van der Waals surface area contributed by atoms with Gasteiger partial charge in [0.15, 0.2) is 0 Å². The molecule has 2 aromatic carbocycles. The molecule has 0 saturated carbocycles. The second kappa shape index (κ2) is 8.55. The average Bonchev–Trinajstić information content (AvgIpc) is 2.99. The molecule has 0 bridgehead atoms. The number of hydrogen-bond acceptors (Lipinski definition) is 3. The summed E-state index contributed by atoms with van der Waals surface area (Å²) in [5, 5.41) is 5.45. The van der Waals surface area contributed by atoms with E-state index in [1.165, 1.54) is 23.1 Å². The topological polar surface area (TPSA) is 81.8 Å². The number of piperidine rings is 1. The number of anilines is 1. The number of likely N-dealkylation sites (tertiary alicyclic amines) is 1. The molecular weight excluding hydrogens is 423 g/mol. The van der Waals surface area contributed by atoms with Crippen molar-refractivity contribution >= 4 is 35.3 Å². The molecule has 2 fully saturated rings. The Hall–Kier alpha value is -3.13. The fraction of sp³-hybridized carbons (Fsp3) is 0.318. The molecule has 31 heavy (non-hydrogen) atoms. The Morgan fingerprint density at radius 1 is 1.13 bits per heavy atom. The summed E-state index contributed by atoms with van der Waals surface area (Å²) in [5.41, 5.74) is 0.467. The van der Waals surface area contributed by atoms with Crippen molar-refractivity contribution in [1.29, 1.82) is 0 Å². The third kappa shape index (κ3) is 4.34. The highest BCUT2D eigenvalue weighted by atomic mass is 35.5. The summed E-state index contributed by atoms with van der Waals surface area (Å²) in [4.78, 5) is 40.8. The third-order valence-electron chi connectivity index (χ3n) is 5.79. The molecular formula is C22H22ClFN4O3. The maximum Gasteiger partial charge on any atom is 0.325 e. The summed E-state index contributed by atoms with van der Waals surface area (Å²) < 4.78 is 13.3. The first-order chi connectivity index (χ1) is 14.9. The summed E-state index contributed by atoms with van der Waals surface area (Å²) in [7, 11) is 0. The van der Waals surface area contributed by atoms with Gasteiger partial charge in [-0.05, 0) is 43.0 Å². The van der Waals surface area contributed by atoms with E-state index < -0.39 is 11.4 Å². The molecule has 0 atom stereocenters. The van der Waals surface area contributed by atoms with Gasteiger partial charge in [-0.15, -0.1) is 0 Å². The molecule has 0 unspecified atom stereocenters. The van der Waals surface area contributed by atoms with E-state index in [1.807, 2.05) is 30.3 Å². The standard InChI is InChI=1S/C22H22ClFN4O3/c23-17-14-16(6-7-18(17)24)25-20(30)27-12-9-22(10-13-27)19(29)28(21(31)26-22)11-8-15-4-2-1-3-5-15/h1-7,14H,8-13H2,(H,25,30)(H,26,31). The van der Waals surface area contributed by atoms with Crippen molar-refractivity contribution in [2.75, 3.05) is 25.0 Å². The summed E-state index contributed by atoms with van der Waals surface area (Å²) in [6.45, 7) is 0.921. The van der Waals surface area contributed by atoms with Crippen LogP contribution in [0.2, 0.25) is 5.02 Å². The number of carbonyl (C=O) groups excluding carboxylic acids is 3. The molecule has 162 valence electrons. The van der Waals surface area contributed by atoms with E-state index >= 15 is 0 Å². The van der Waals surface area contributed by atoms with E-state index in [0.29, 0.717) is 44.6 Å². The van der Waals surface area contributed by atoms with Crippen LogP contribution in [0.15, 0.2) is 48.5 Å². The number of nitrogens with zero attached hydrogens (tertiary/aromatic N) is 2. The predicted molar refractivity (Wildman–Crippen MR) is 114 cm³/mol. The van der Waals surface area contributed by atoms with Crippen LogP contribution >= 0.6 is 11.6 Å². The average molecular weight is 445 g/mol. The quantitative estimate of drug-likeness (QED) is 0.706. The fourth-order valence-corrected chi connectivity index (χ4v) is 4.15. The van der Waals surface area contributed by atoms with Gasteiger partial charge in [0.05, 0.1) is 5.02 Å². The van der Waals surface area contributed by atoms with Gasteiger partial charge >= 0.3 is 12.1 Å². The van der Waals surface area contributed by atoms with Crippen LogP contribution < -0.4 is 10.6 Å². The Kier molecular flexibility index (Phi) is 5.82. The number of hydrogen-bond donors (Lipinski definition) is 2. The second-order valence-corrected chi connectivity index (χ2v) is 8.16. The largest absolute Gasteiger partial charge is 0.325 e. The highest BCUT2D eigenvalue weighted by Gasteiger charge is 2.52. The molecule has 5 amide bonds. The first-order valence-electron chi connectivity index (χ1n) is 10.1. The van der Waals surface area contributed by atoms with Crippen molar-refractivity contribution in [2.45, 2.75) is 24.8 Å². The van der Waals surface area contributed by atoms with Crippen molar-refractivity contribution in [3.8, 4) is 0 Å². The van der Waals surface area contributed by atoms with Gasteiger partial charge in [0, 0.05) is 25.3 Å². The van der Waals surface area contributed by atoms with Gasteiger partial charge in [-0.2, -0.15) is 0 Å². The zero-order valence-electron chi connectivity index (χ0n) is 16.7. The van der Waals surface area contributed by atoms with Gasteiger partial charge in [0.1, 0.15) is 11.4 Å². The highest BCUT2D eigenvalue weighted by molar-refractivity contribution is 6.31. The maximum absolute atomic E-state index is 13.3. The number of halogens is 2. The Morgan fingerprint density at radius 3 is 2.52 bits per heavy atom. The number of rotatable bonds is 4. The second-order valence-electron chi connectivity index (χ2n) is 7.75. The molecule has 0 aromatic heterocycles. The molecule has 4 rings (SSSR count). The lowest BCUT2D eigenvalue weighted by Gasteiger charge is -2.37. The molecule has 2 aliphatic heterocycles. The van der Waals surface area contributed by atoms with Gasteiger partial charge in [0.2, 0.25) is 0 Å². The zero-order chi connectivity index (χ0) is 22.0. The minimum absolute atomic E-state index is 0.0785. The number of nitrogens with one attached hydrogen (secondary N) is 2. The van der Waals surface area contributed by atoms with Crippen LogP contribution in [0.25, 0.3) is 0 Å². The lowest BCUT2D eigenvalue weighted by molar-refractivity contribution is -0.132. The van der Waals surface area contributed by atoms with E-state index in [0.717, 1.165) is 5.56 Å². The SMILES string of the molecule is O=C(Nc1ccc(F)c(Cl)c1)N1CCC2(CC1)NC(=O)N(CCc1ccccc1)C2=O. The molecule has 2 saturated heterocycles. The van der Waals surface area contributed by atoms with Crippen LogP contribution in [0.4, 0.5) is 19.7 Å². The Bertz CT molecular complexity index is 1010. The molecule has 7 nitrogen and oxygen atoms in total. The normalized spacial score (nSPS) is 17.7. The summed E-state index contributed by atoms with van der Waals surface area (Å²) in [5.74, 6) is -0.800. The lowest BCUT2D eigenvalue weighted by Crippen LogP contribution is -2.56. The Balaban J connectivity index is 1.34. The number of urea groups is 2. The third-order valence-corrected chi connectivity index (χ3v) is 6.08. The number of amides is 5. The minimum Gasteiger partial charge on any atom is -0.324 e. The Morgan fingerprint density at radius 2 is 1.84 bits per heavy atom. The highest BCUT2D eigenvalue weighted by Crippen LogP contribution is 2.30. The van der Waals surface area contributed by atoms with Gasteiger partial charge < -0.3 is 15.5 Å². The van der Waals surface area contributed by atoms with Gasteiger partial charge in [-0.1, -0.05) is 41.9 Å². The van der Waals surface area contributed by atoms with Gasteiger partial charge in [-0.25, -0.2) is 14.0 Å². The first-order valence-corrected chi connectivity index (χ1v) is 10.4. The molecule has 9 heteroatoms. The minimum atomic E-state index is -0.969. The van der Waals surface area contributed by atoms with Crippen LogP contribution in [-0.4, -0.2) is 52.9 Å². The zero-order valence-corrected chi connectivity index (χ0v) is 17.5. The first kappa shape index (κ1) is 21.1. The van der Waals surface area contributed by atoms with Crippen molar-refractivity contribution in [2.24, 2.45) is 0 Å². The fourth-order valence-electron chi connectivity index (χ4n) is 3.97. The van der Waals surface area contributed by atoms with E-state index in [4.69, 9.17) is 11.6 Å². The lowest BCUT2D eigenvalue weighted by atomic mass is 9.87. The van der Waals surface area contributed by atoms with Crippen LogP contribution in [-0.2, 0) is 11.2 Å². The Labute approximate surface area is 184 Å². The summed E-state index contributed by atoms with van der Waals surface area (Å²) >= 11 is 5.75. The van der Waals surface area contributed by atoms with Gasteiger partial charge in [-0.3, -0.25) is 9.69 Å². The summed E-state index contributed by atoms with van der Waals surface area (Å²) in [6.07, 6.45) is 1.25. The smallest absolute Gasteiger partial charge is 0.324 e. The number of imide groups is 1. The van der Waals surface area contributed by atoms with E-state index in [2.05, 4.69) is 10.6 Å². The maximum atomic E-state index is 13.3. The molecule has 1 spiro atoms. The van der Waals surface area contributed by atoms with Crippen LogP contribution in [0.5, 0.6) is 0 Å². The van der Waals surface area contributed by atoms with Crippen LogP contribution in [0, 0.1) is 5.82 Å². The van der Waals surface area contributed by atoms with E-state index in [-0.39, 0.29) is 23.0 Å². The van der Waals surface area contributed by atoms with Crippen LogP contribution in [0.3, 0.4) is 0 Å². The molecule has 2 aliphatic rings. The number of carbonyl (C=O) groups is 3. The van der Waals surface area contributed by atoms with Crippen molar-refractivity contribution < 1.29 is 18.8 Å². The summed E-state index contributed by atoms with van der Waals surface area (Å²) in [6, 6.07) is 12.9. The van der Waals surface area contributed by atoms with Gasteiger partial charge in [0.25, 0.3) is 5.91 Å². The predicted octanol–water partition coefficient (Wildman–Crippen LogP) is 3.64. The van der Waals surface area contributed by atoms with E-state index in [9.17, 15) is 18.8 Å². The van der Waals surface area contributed by atoms with Crippen molar-refractivity contribution in [3.63, 3.8) is 0 Å². The van der Waals surface area contributed by atoms with E-state index in [1.54, 1.807) is 4.90 Å². The van der Waals surface area contributed by atoms with Crippen LogP contribution in [0.1, 0.15) is 18.4 Å². The van der Waals surface area contributed by atoms with Crippen molar-refractivity contribution in [1.82, 2.24) is 15.1 Å². The molecule has 2 N–H and O–H groups in total.